The van der Waals surface area contributed by atoms with E-state index in [1.165, 1.54) is 7.11 Å². The Kier molecular flexibility index (Phi) is 7.21. The molecule has 0 bridgehead atoms. The maximum absolute atomic E-state index is 13.2. The number of benzene rings is 2. The number of rotatable bonds is 8. The van der Waals surface area contributed by atoms with Gasteiger partial charge < -0.3 is 14.8 Å². The van der Waals surface area contributed by atoms with Gasteiger partial charge in [0.15, 0.2) is 5.78 Å². The molecule has 0 spiro atoms. The Morgan fingerprint density at radius 2 is 2.00 bits per heavy atom. The zero-order valence-electron chi connectivity index (χ0n) is 18.3. The zero-order valence-corrected chi connectivity index (χ0v) is 18.3. The molecule has 1 saturated heterocycles. The molecule has 1 fully saturated rings. The monoisotopic (exact) mass is 419 g/mol. The molecule has 0 aromatic heterocycles. The van der Waals surface area contributed by atoms with E-state index in [4.69, 9.17) is 9.47 Å². The summed E-state index contributed by atoms with van der Waals surface area (Å²) in [7, 11) is 1.45. The highest BCUT2D eigenvalue weighted by Crippen LogP contribution is 2.34. The molecule has 162 valence electrons. The number of nitrogens with one attached hydrogen (secondary N) is 1. The van der Waals surface area contributed by atoms with Gasteiger partial charge in [-0.15, -0.1) is 0 Å². The molecule has 1 amide bonds. The fraction of sp³-hybridized carbons (Fsp3) is 0.308. The van der Waals surface area contributed by atoms with Crippen LogP contribution in [0.25, 0.3) is 6.08 Å². The van der Waals surface area contributed by atoms with Crippen LogP contribution in [0.4, 0.5) is 5.69 Å². The van der Waals surface area contributed by atoms with Gasteiger partial charge in [0.25, 0.3) is 0 Å². The number of ether oxygens (including phenoxy) is 2. The second-order valence-corrected chi connectivity index (χ2v) is 8.12. The van der Waals surface area contributed by atoms with Gasteiger partial charge in [-0.2, -0.15) is 0 Å². The predicted molar refractivity (Wildman–Crippen MR) is 123 cm³/mol. The van der Waals surface area contributed by atoms with Crippen LogP contribution in [0.3, 0.4) is 0 Å². The topological polar surface area (TPSA) is 64.6 Å². The summed E-state index contributed by atoms with van der Waals surface area (Å²) in [5, 5.41) is 2.77. The minimum Gasteiger partial charge on any atom is -0.375 e. The highest BCUT2D eigenvalue weighted by Gasteiger charge is 2.34. The summed E-state index contributed by atoms with van der Waals surface area (Å²) in [4.78, 5) is 25.2. The van der Waals surface area contributed by atoms with Gasteiger partial charge in [-0.05, 0) is 44.4 Å². The first-order chi connectivity index (χ1) is 14.8. The Hall–Kier alpha value is -3.02. The number of carbonyl (C=O) groups is 2. The molecular weight excluding hydrogens is 390 g/mol. The highest BCUT2D eigenvalue weighted by molar-refractivity contribution is 6.14. The summed E-state index contributed by atoms with van der Waals surface area (Å²) in [5.41, 5.74) is 2.95. The van der Waals surface area contributed by atoms with Gasteiger partial charge in [0.2, 0.25) is 5.91 Å². The van der Waals surface area contributed by atoms with E-state index in [9.17, 15) is 9.59 Å². The van der Waals surface area contributed by atoms with Crippen LogP contribution in [0.2, 0.25) is 0 Å². The Balaban J connectivity index is 1.89. The van der Waals surface area contributed by atoms with Crippen LogP contribution >= 0.6 is 0 Å². The van der Waals surface area contributed by atoms with Gasteiger partial charge in [-0.3, -0.25) is 9.59 Å². The van der Waals surface area contributed by atoms with Gasteiger partial charge >= 0.3 is 0 Å². The van der Waals surface area contributed by atoms with Crippen molar-refractivity contribution >= 4 is 23.5 Å². The third-order valence-electron chi connectivity index (χ3n) is 5.37. The summed E-state index contributed by atoms with van der Waals surface area (Å²) in [5.74, 6) is -0.472. The maximum atomic E-state index is 13.2. The summed E-state index contributed by atoms with van der Waals surface area (Å²) >= 11 is 0. The average Bonchev–Trinajstić information content (AvgIpc) is 3.16. The number of ketones is 1. The van der Waals surface area contributed by atoms with Crippen molar-refractivity contribution in [3.63, 3.8) is 0 Å². The summed E-state index contributed by atoms with van der Waals surface area (Å²) in [6.45, 7) is 7.96. The molecule has 1 aliphatic rings. The number of hydrogen-bond acceptors (Lipinski definition) is 4. The fourth-order valence-corrected chi connectivity index (χ4v) is 3.63. The second-order valence-electron chi connectivity index (χ2n) is 8.12. The molecular formula is C26H29NO4. The molecule has 2 aromatic rings. The van der Waals surface area contributed by atoms with E-state index in [0.29, 0.717) is 16.8 Å². The number of methoxy groups -OCH3 is 1. The normalized spacial score (nSPS) is 20.7. The average molecular weight is 420 g/mol. The van der Waals surface area contributed by atoms with Gasteiger partial charge in [-0.25, -0.2) is 0 Å². The largest absolute Gasteiger partial charge is 0.375 e. The molecule has 0 saturated carbocycles. The van der Waals surface area contributed by atoms with Crippen molar-refractivity contribution in [2.24, 2.45) is 0 Å². The fourth-order valence-electron chi connectivity index (χ4n) is 3.63. The van der Waals surface area contributed by atoms with Crippen molar-refractivity contribution in [1.29, 1.82) is 0 Å². The number of anilines is 1. The first kappa shape index (κ1) is 22.7. The molecule has 1 heterocycles. The Bertz CT molecular complexity index is 996. The Labute approximate surface area is 183 Å². The lowest BCUT2D eigenvalue weighted by molar-refractivity contribution is -0.119. The van der Waals surface area contributed by atoms with Crippen molar-refractivity contribution in [1.82, 2.24) is 0 Å². The summed E-state index contributed by atoms with van der Waals surface area (Å²) in [6, 6.07) is 14.4. The molecule has 2 aromatic carbocycles. The van der Waals surface area contributed by atoms with E-state index in [1.54, 1.807) is 24.3 Å². The standard InChI is InChI=1S/C26H29NO4/c1-18(2)23-13-15-26(3,31-23)14-12-19-10-11-22(27-24(28)17-30-4)21(16-19)25(29)20-8-6-5-7-9-20/h5-12,14,16,23H,1,13,15,17H2,2-4H3,(H,27,28)/b14-12+. The molecule has 2 atom stereocenters. The minimum atomic E-state index is -0.376. The third kappa shape index (κ3) is 5.78. The van der Waals surface area contributed by atoms with Crippen molar-refractivity contribution in [3.8, 4) is 0 Å². The maximum Gasteiger partial charge on any atom is 0.250 e. The van der Waals surface area contributed by atoms with Gasteiger partial charge in [-0.1, -0.05) is 60.7 Å². The summed E-state index contributed by atoms with van der Waals surface area (Å²) < 4.78 is 11.0. The third-order valence-corrected chi connectivity index (χ3v) is 5.37. The first-order valence-corrected chi connectivity index (χ1v) is 10.4. The second kappa shape index (κ2) is 9.86. The van der Waals surface area contributed by atoms with Gasteiger partial charge in [0.1, 0.15) is 6.61 Å². The van der Waals surface area contributed by atoms with Crippen LogP contribution in [0.1, 0.15) is 48.2 Å². The van der Waals surface area contributed by atoms with Crippen molar-refractivity contribution in [2.75, 3.05) is 19.0 Å². The van der Waals surface area contributed by atoms with Crippen molar-refractivity contribution in [3.05, 3.63) is 83.4 Å². The predicted octanol–water partition coefficient (Wildman–Crippen LogP) is 5.03. The molecule has 2 unspecified atom stereocenters. The summed E-state index contributed by atoms with van der Waals surface area (Å²) in [6.07, 6.45) is 5.91. The number of hydrogen-bond donors (Lipinski definition) is 1. The Morgan fingerprint density at radius 3 is 2.65 bits per heavy atom. The van der Waals surface area contributed by atoms with E-state index in [2.05, 4.69) is 18.8 Å². The SMILES string of the molecule is C=C(C)C1CCC(C)(/C=C/c2ccc(NC(=O)COC)c(C(=O)c3ccccc3)c2)O1. The van der Waals surface area contributed by atoms with Crippen LogP contribution in [-0.4, -0.2) is 37.1 Å². The lowest BCUT2D eigenvalue weighted by Gasteiger charge is -2.21. The van der Waals surface area contributed by atoms with E-state index in [1.807, 2.05) is 43.3 Å². The lowest BCUT2D eigenvalue weighted by atomic mass is 9.97. The molecule has 3 rings (SSSR count). The van der Waals surface area contributed by atoms with Crippen LogP contribution in [-0.2, 0) is 14.3 Å². The molecule has 5 nitrogen and oxygen atoms in total. The van der Waals surface area contributed by atoms with Gasteiger partial charge in [0, 0.05) is 18.2 Å². The van der Waals surface area contributed by atoms with Crippen LogP contribution < -0.4 is 5.32 Å². The quantitative estimate of drug-likeness (QED) is 0.481. The van der Waals surface area contributed by atoms with E-state index in [0.717, 1.165) is 24.0 Å². The van der Waals surface area contributed by atoms with Crippen LogP contribution in [0, 0.1) is 0 Å². The van der Waals surface area contributed by atoms with Crippen molar-refractivity contribution < 1.29 is 19.1 Å². The van der Waals surface area contributed by atoms with Crippen LogP contribution in [0.15, 0.2) is 66.8 Å². The lowest BCUT2D eigenvalue weighted by Crippen LogP contribution is -2.22. The minimum absolute atomic E-state index is 0.0724. The smallest absolute Gasteiger partial charge is 0.250 e. The Morgan fingerprint density at radius 1 is 1.26 bits per heavy atom. The number of carbonyl (C=O) groups excluding carboxylic acids is 2. The van der Waals surface area contributed by atoms with Crippen LogP contribution in [0.5, 0.6) is 0 Å². The first-order valence-electron chi connectivity index (χ1n) is 10.4. The molecule has 0 aliphatic carbocycles. The molecule has 1 N–H and O–H groups in total. The molecule has 0 radical (unpaired) electrons. The number of amides is 1. The van der Waals surface area contributed by atoms with E-state index >= 15 is 0 Å². The zero-order chi connectivity index (χ0) is 22.4. The van der Waals surface area contributed by atoms with Crippen molar-refractivity contribution in [2.45, 2.75) is 38.4 Å². The molecule has 5 heteroatoms. The van der Waals surface area contributed by atoms with E-state index in [-0.39, 0.29) is 30.0 Å². The highest BCUT2D eigenvalue weighted by atomic mass is 16.5. The van der Waals surface area contributed by atoms with Gasteiger partial charge in [0.05, 0.1) is 17.4 Å². The molecule has 1 aliphatic heterocycles. The molecule has 31 heavy (non-hydrogen) atoms. The van der Waals surface area contributed by atoms with E-state index < -0.39 is 0 Å².